The first kappa shape index (κ1) is 43.8. The van der Waals surface area contributed by atoms with Crippen molar-refractivity contribution >= 4 is 71.4 Å². The van der Waals surface area contributed by atoms with Crippen molar-refractivity contribution in [2.75, 3.05) is 53.6 Å². The van der Waals surface area contributed by atoms with E-state index in [1.807, 2.05) is 0 Å². The van der Waals surface area contributed by atoms with Crippen LogP contribution in [0.3, 0.4) is 0 Å². The second kappa shape index (κ2) is 17.5. The molecule has 0 saturated heterocycles. The molecule has 308 valence electrons. The maximum Gasteiger partial charge on any atom is 0.278 e. The second-order valence-electron chi connectivity index (χ2n) is 11.3. The number of nitrogens with zero attached hydrogens (tertiary/aromatic N) is 4. The topological polar surface area (TPSA) is 301 Å². The van der Waals surface area contributed by atoms with E-state index in [2.05, 4.69) is 15.6 Å². The first-order chi connectivity index (χ1) is 26.7. The maximum absolute atomic E-state index is 12.7. The van der Waals surface area contributed by atoms with Crippen LogP contribution in [0.2, 0.25) is 0 Å². The lowest BCUT2D eigenvalue weighted by Crippen LogP contribution is -2.35. The molecule has 2 aromatic carbocycles. The summed E-state index contributed by atoms with van der Waals surface area (Å²) in [5.41, 5.74) is 2.55. The van der Waals surface area contributed by atoms with Gasteiger partial charge in [-0.05, 0) is 34.6 Å². The van der Waals surface area contributed by atoms with Gasteiger partial charge < -0.3 is 44.5 Å². The first-order valence-corrected chi connectivity index (χ1v) is 20.9. The van der Waals surface area contributed by atoms with E-state index in [0.717, 1.165) is 31.3 Å². The summed E-state index contributed by atoms with van der Waals surface area (Å²) in [6.07, 6.45) is 0. The van der Waals surface area contributed by atoms with Crippen LogP contribution in [-0.4, -0.2) is 71.3 Å². The molecule has 0 aliphatic carbocycles. The van der Waals surface area contributed by atoms with Crippen LogP contribution in [0.5, 0.6) is 28.7 Å². The Kier molecular flexibility index (Phi) is 13.4. The largest absolute Gasteiger partial charge is 0.504 e. The normalized spacial score (nSPS) is 11.4. The second-order valence-corrected chi connectivity index (χ2v) is 17.3. The van der Waals surface area contributed by atoms with Crippen LogP contribution in [0.1, 0.15) is 32.3 Å². The Morgan fingerprint density at radius 2 is 1.11 bits per heavy atom. The van der Waals surface area contributed by atoms with E-state index in [0.29, 0.717) is 24.7 Å². The number of aromatic nitrogens is 2. The van der Waals surface area contributed by atoms with Crippen molar-refractivity contribution in [3.05, 3.63) is 75.3 Å². The molecule has 4 heterocycles. The average Bonchev–Trinajstić information content (AvgIpc) is 3.99. The highest BCUT2D eigenvalue weighted by molar-refractivity contribution is 7.95. The molecule has 0 aliphatic rings. The Morgan fingerprint density at radius 3 is 1.49 bits per heavy atom. The molecule has 0 fully saturated rings. The van der Waals surface area contributed by atoms with Crippen LogP contribution in [0.4, 0.5) is 28.7 Å². The summed E-state index contributed by atoms with van der Waals surface area (Å²) in [6.45, 7) is 9.31. The third kappa shape index (κ3) is 8.74. The molecule has 6 rings (SSSR count). The zero-order valence-corrected chi connectivity index (χ0v) is 34.4. The summed E-state index contributed by atoms with van der Waals surface area (Å²) in [5.74, 6) is 0.0844. The number of aryl methyl sites for hydroxylation is 2. The van der Waals surface area contributed by atoms with Gasteiger partial charge in [-0.3, -0.25) is 19.2 Å². The molecular formula is C32H36N6O15S4. The van der Waals surface area contributed by atoms with Gasteiger partial charge in [0.15, 0.2) is 37.3 Å². The fraction of sp³-hybridized carbons (Fsp3) is 0.312. The van der Waals surface area contributed by atoms with E-state index < -0.39 is 53.3 Å². The molecule has 0 spiro atoms. The molecule has 4 aromatic heterocycles. The average molecular weight is 873 g/mol. The van der Waals surface area contributed by atoms with Crippen LogP contribution in [-0.2, 0) is 20.0 Å². The minimum Gasteiger partial charge on any atom is -0.504 e. The van der Waals surface area contributed by atoms with E-state index in [9.17, 15) is 46.2 Å². The summed E-state index contributed by atoms with van der Waals surface area (Å²) in [5, 5.41) is 32.4. The van der Waals surface area contributed by atoms with Gasteiger partial charge in [0.05, 0.1) is 31.2 Å². The van der Waals surface area contributed by atoms with Crippen molar-refractivity contribution in [3.8, 4) is 28.7 Å². The monoisotopic (exact) mass is 872 g/mol. The highest BCUT2D eigenvalue weighted by Crippen LogP contribution is 2.42. The zero-order valence-electron chi connectivity index (χ0n) is 31.1. The molecule has 0 amide bonds. The van der Waals surface area contributed by atoms with Crippen LogP contribution < -0.4 is 55.6 Å². The van der Waals surface area contributed by atoms with E-state index >= 15 is 0 Å². The predicted octanol–water partition coefficient (Wildman–Crippen LogP) is 2.55. The SMILES string of the molecule is CCOc1c(Nc2csc(S(=O)(=O)N(C)c3cc(C)on3)c2O)c(=O)c1=O.CCOc1c(OCC)c(=O)c1=O.Cc1cc(N(C)S(=O)(=O)c2scc(N)c2O)no1. The molecule has 0 bridgehead atoms. The van der Waals surface area contributed by atoms with E-state index in [4.69, 9.17) is 29.0 Å². The molecule has 21 nitrogen and oxygen atoms in total. The van der Waals surface area contributed by atoms with Gasteiger partial charge >= 0.3 is 0 Å². The number of nitrogens with two attached hydrogens (primary N) is 1. The molecule has 5 N–H and O–H groups in total. The number of ether oxygens (including phenoxy) is 3. The summed E-state index contributed by atoms with van der Waals surface area (Å²) in [4.78, 5) is 44.8. The van der Waals surface area contributed by atoms with E-state index in [-0.39, 0.29) is 61.0 Å². The number of aromatic hydroxyl groups is 2. The van der Waals surface area contributed by atoms with E-state index in [1.54, 1.807) is 34.6 Å². The first-order valence-electron chi connectivity index (χ1n) is 16.3. The predicted molar refractivity (Wildman–Crippen MR) is 210 cm³/mol. The number of nitrogen functional groups attached to an aromatic ring is 1. The lowest BCUT2D eigenvalue weighted by atomic mass is 10.2. The summed E-state index contributed by atoms with van der Waals surface area (Å²) in [7, 11) is -5.42. The number of sulfonamides is 2. The van der Waals surface area contributed by atoms with Gasteiger partial charge in [0, 0.05) is 37.0 Å². The van der Waals surface area contributed by atoms with Gasteiger partial charge in [-0.1, -0.05) is 10.3 Å². The quantitative estimate of drug-likeness (QED) is 0.114. The van der Waals surface area contributed by atoms with Crippen LogP contribution >= 0.6 is 22.7 Å². The Balaban J connectivity index is 0.000000206. The fourth-order valence-corrected chi connectivity index (χ4v) is 9.44. The highest BCUT2D eigenvalue weighted by atomic mass is 32.3. The van der Waals surface area contributed by atoms with Gasteiger partial charge in [0.25, 0.3) is 41.8 Å². The summed E-state index contributed by atoms with van der Waals surface area (Å²) in [6, 6.07) is 2.91. The summed E-state index contributed by atoms with van der Waals surface area (Å²) < 4.78 is 75.7. The van der Waals surface area contributed by atoms with Crippen molar-refractivity contribution in [1.29, 1.82) is 0 Å². The molecule has 6 aromatic rings. The van der Waals surface area contributed by atoms with Crippen molar-refractivity contribution in [3.63, 3.8) is 0 Å². The lowest BCUT2D eigenvalue weighted by molar-refractivity contribution is 0.274. The molecule has 0 saturated carbocycles. The molecule has 57 heavy (non-hydrogen) atoms. The third-order valence-corrected chi connectivity index (χ3v) is 13.9. The van der Waals surface area contributed by atoms with Crippen LogP contribution in [0.25, 0.3) is 0 Å². The Morgan fingerprint density at radius 1 is 0.702 bits per heavy atom. The zero-order chi connectivity index (χ0) is 42.6. The van der Waals surface area contributed by atoms with Crippen molar-refractivity contribution in [2.24, 2.45) is 0 Å². The Labute approximate surface area is 331 Å². The molecule has 0 unspecified atom stereocenters. The van der Waals surface area contributed by atoms with E-state index in [1.165, 1.54) is 37.0 Å². The van der Waals surface area contributed by atoms with Crippen molar-refractivity contribution < 1.29 is 50.3 Å². The smallest absolute Gasteiger partial charge is 0.278 e. The third-order valence-electron chi connectivity index (χ3n) is 7.38. The van der Waals surface area contributed by atoms with Crippen molar-refractivity contribution in [1.82, 2.24) is 10.3 Å². The Hall–Kier alpha value is -5.92. The molecule has 25 heteroatoms. The van der Waals surface area contributed by atoms with Gasteiger partial charge in [0.2, 0.25) is 11.5 Å². The standard InChI is InChI=1S/C15H15N3O7S2.C9H11N3O4S2.C8H10O4/c1-4-24-14-10(12(20)13(14)21)16-8-6-26-15(11(8)19)27(22,23)18(3)9-5-7(2)25-17-9;1-5-3-7(11-16-5)12(2)18(14,15)9-8(13)6(10)4-17-9;1-3-11-7-5(9)6(10)8(7)12-4-2/h5-6,16,19H,4H2,1-3H3;3-4,13H,10H2,1-2H3;3-4H2,1-2H3. The Bertz CT molecular complexity index is 2700. The number of hydrogen-bond donors (Lipinski definition) is 4. The minimum atomic E-state index is -4.12. The van der Waals surface area contributed by atoms with Crippen molar-refractivity contribution in [2.45, 2.75) is 43.0 Å². The van der Waals surface area contributed by atoms with Gasteiger partial charge in [0.1, 0.15) is 17.2 Å². The van der Waals surface area contributed by atoms with Crippen LogP contribution in [0, 0.1) is 13.8 Å². The number of rotatable bonds is 14. The van der Waals surface area contributed by atoms with Gasteiger partial charge in [-0.15, -0.1) is 22.7 Å². The number of anilines is 5. The van der Waals surface area contributed by atoms with Crippen LogP contribution in [0.15, 0.2) is 59.5 Å². The molecule has 0 atom stereocenters. The molecule has 0 radical (unpaired) electrons. The fourth-order valence-electron chi connectivity index (χ4n) is 4.44. The minimum absolute atomic E-state index is 0.0308. The summed E-state index contributed by atoms with van der Waals surface area (Å²) >= 11 is 1.60. The number of thiophene rings is 2. The van der Waals surface area contributed by atoms with Gasteiger partial charge in [-0.2, -0.15) is 16.8 Å². The van der Waals surface area contributed by atoms with Gasteiger partial charge in [-0.25, -0.2) is 8.61 Å². The number of hydrogen-bond acceptors (Lipinski definition) is 21. The highest BCUT2D eigenvalue weighted by Gasteiger charge is 2.32. The molecule has 0 aliphatic heterocycles. The maximum atomic E-state index is 12.7. The molecular weight excluding hydrogens is 837 g/mol. The number of nitrogens with one attached hydrogen (secondary N) is 1. The lowest BCUT2D eigenvalue weighted by Gasteiger charge is -2.15.